The molecule has 1 amide bonds. The number of amides is 1. The van der Waals surface area contributed by atoms with Gasteiger partial charge in [-0.2, -0.15) is 4.39 Å². The molecule has 0 aliphatic rings. The lowest BCUT2D eigenvalue weighted by atomic mass is 9.66. The van der Waals surface area contributed by atoms with Crippen molar-refractivity contribution in [3.05, 3.63) is 167 Å². The molecule has 40 heavy (non-hydrogen) atoms. The minimum absolute atomic E-state index is 0.128. The molecule has 0 radical (unpaired) electrons. The van der Waals surface area contributed by atoms with Crippen LogP contribution in [0.4, 0.5) is 4.39 Å². The van der Waals surface area contributed by atoms with Crippen LogP contribution in [0.2, 0.25) is 0 Å². The number of carbonyl (C=O) groups excluding carboxylic acids is 2. The highest BCUT2D eigenvalue weighted by atomic mass is 19.1. The van der Waals surface area contributed by atoms with Crippen LogP contribution in [0.1, 0.15) is 38.4 Å². The fourth-order valence-corrected chi connectivity index (χ4v) is 4.92. The number of halogens is 1. The van der Waals surface area contributed by atoms with Gasteiger partial charge in [-0.05, 0) is 34.9 Å². The molecule has 0 saturated carbocycles. The zero-order valence-corrected chi connectivity index (χ0v) is 21.7. The van der Waals surface area contributed by atoms with Gasteiger partial charge in [0.2, 0.25) is 0 Å². The maximum atomic E-state index is 15.1. The fraction of sp³-hybridized carbons (Fsp3) is 0.0606. The molecule has 2 N–H and O–H groups in total. The van der Waals surface area contributed by atoms with Crippen molar-refractivity contribution in [3.63, 3.8) is 0 Å². The molecule has 0 bridgehead atoms. The lowest BCUT2D eigenvalue weighted by Crippen LogP contribution is -2.33. The Morgan fingerprint density at radius 2 is 1.23 bits per heavy atom. The van der Waals surface area contributed by atoms with E-state index in [-0.39, 0.29) is 11.4 Å². The standard InChI is InChI=1S/C33H26FN3O3/c1-40-31(39)28(35-30(38)23-14-6-2-7-15-23)22-27-29(37-32(34)36-27)33(24-16-8-3-9-17-24,25-18-10-4-11-19-25)26-20-12-5-13-21-26/h2-22H,1H3,(H,35,38)(H,36,37). The van der Waals surface area contributed by atoms with Crippen LogP contribution in [-0.4, -0.2) is 29.0 Å². The van der Waals surface area contributed by atoms with Crippen LogP contribution in [0.15, 0.2) is 127 Å². The number of esters is 1. The van der Waals surface area contributed by atoms with E-state index in [0.29, 0.717) is 11.3 Å². The third-order valence-electron chi connectivity index (χ3n) is 6.67. The minimum Gasteiger partial charge on any atom is -0.464 e. The molecule has 4 aromatic carbocycles. The molecule has 0 saturated heterocycles. The third-order valence-corrected chi connectivity index (χ3v) is 6.67. The minimum atomic E-state index is -1.06. The largest absolute Gasteiger partial charge is 0.464 e. The molecule has 0 fully saturated rings. The van der Waals surface area contributed by atoms with Gasteiger partial charge in [-0.15, -0.1) is 0 Å². The molecule has 0 aliphatic heterocycles. The fourth-order valence-electron chi connectivity index (χ4n) is 4.92. The Balaban J connectivity index is 1.77. The summed E-state index contributed by atoms with van der Waals surface area (Å²) >= 11 is 0. The Labute approximate surface area is 231 Å². The summed E-state index contributed by atoms with van der Waals surface area (Å²) in [6.45, 7) is 0. The summed E-state index contributed by atoms with van der Waals surface area (Å²) in [6, 6.07) is 37.4. The van der Waals surface area contributed by atoms with Gasteiger partial charge in [0, 0.05) is 5.56 Å². The Morgan fingerprint density at radius 3 is 1.68 bits per heavy atom. The van der Waals surface area contributed by atoms with Crippen LogP contribution in [0.25, 0.3) is 6.08 Å². The average molecular weight is 532 g/mol. The van der Waals surface area contributed by atoms with Crippen molar-refractivity contribution in [3.8, 4) is 0 Å². The normalized spacial score (nSPS) is 11.6. The topological polar surface area (TPSA) is 84.1 Å². The number of carbonyl (C=O) groups is 2. The van der Waals surface area contributed by atoms with Crippen molar-refractivity contribution in [1.29, 1.82) is 0 Å². The summed E-state index contributed by atoms with van der Waals surface area (Å²) < 4.78 is 20.1. The summed E-state index contributed by atoms with van der Waals surface area (Å²) in [7, 11) is 1.21. The summed E-state index contributed by atoms with van der Waals surface area (Å²) in [5.41, 5.74) is 2.14. The molecular formula is C33H26FN3O3. The first-order valence-electron chi connectivity index (χ1n) is 12.6. The van der Waals surface area contributed by atoms with E-state index in [0.717, 1.165) is 16.7 Å². The van der Waals surface area contributed by atoms with Crippen LogP contribution in [-0.2, 0) is 14.9 Å². The number of hydrogen-bond donors (Lipinski definition) is 2. The van der Waals surface area contributed by atoms with Gasteiger partial charge in [-0.1, -0.05) is 109 Å². The van der Waals surface area contributed by atoms with Crippen molar-refractivity contribution in [2.75, 3.05) is 7.11 Å². The quantitative estimate of drug-likeness (QED) is 0.149. The summed E-state index contributed by atoms with van der Waals surface area (Å²) in [5, 5.41) is 2.61. The molecule has 0 aliphatic carbocycles. The van der Waals surface area contributed by atoms with Crippen molar-refractivity contribution in [2.24, 2.45) is 0 Å². The second kappa shape index (κ2) is 11.6. The van der Waals surface area contributed by atoms with Gasteiger partial charge in [0.15, 0.2) is 0 Å². The number of imidazole rings is 1. The van der Waals surface area contributed by atoms with E-state index in [4.69, 9.17) is 4.74 Å². The summed E-state index contributed by atoms with van der Waals surface area (Å²) in [5.74, 6) is -1.32. The number of nitrogens with zero attached hydrogens (tertiary/aromatic N) is 1. The van der Waals surface area contributed by atoms with Crippen molar-refractivity contribution in [1.82, 2.24) is 15.3 Å². The number of methoxy groups -OCH3 is 1. The number of nitrogens with one attached hydrogen (secondary N) is 2. The molecule has 0 atom stereocenters. The Hall–Kier alpha value is -5.30. The van der Waals surface area contributed by atoms with Gasteiger partial charge >= 0.3 is 5.97 Å². The Kier molecular flexibility index (Phi) is 7.64. The SMILES string of the molecule is COC(=O)C(=Cc1nc(F)[nH]c1C(c1ccccc1)(c1ccccc1)c1ccccc1)NC(=O)c1ccccc1. The molecule has 5 aromatic rings. The number of rotatable bonds is 8. The average Bonchev–Trinajstić information content (AvgIpc) is 3.38. The molecule has 6 nitrogen and oxygen atoms in total. The maximum Gasteiger partial charge on any atom is 0.354 e. The van der Waals surface area contributed by atoms with Crippen LogP contribution >= 0.6 is 0 Å². The van der Waals surface area contributed by atoms with E-state index in [1.165, 1.54) is 13.2 Å². The van der Waals surface area contributed by atoms with E-state index in [1.807, 2.05) is 91.0 Å². The zero-order chi connectivity index (χ0) is 28.0. The Bertz CT molecular complexity index is 1540. The highest BCUT2D eigenvalue weighted by Crippen LogP contribution is 2.45. The molecule has 7 heteroatoms. The van der Waals surface area contributed by atoms with Crippen LogP contribution in [0.3, 0.4) is 0 Å². The highest BCUT2D eigenvalue weighted by molar-refractivity contribution is 6.03. The first kappa shape index (κ1) is 26.3. The monoisotopic (exact) mass is 531 g/mol. The molecule has 0 unspecified atom stereocenters. The lowest BCUT2D eigenvalue weighted by Gasteiger charge is -2.35. The number of aromatic nitrogens is 2. The number of aromatic amines is 1. The Morgan fingerprint density at radius 1 is 0.775 bits per heavy atom. The first-order valence-corrected chi connectivity index (χ1v) is 12.6. The first-order chi connectivity index (χ1) is 19.5. The smallest absolute Gasteiger partial charge is 0.354 e. The van der Waals surface area contributed by atoms with Gasteiger partial charge < -0.3 is 15.0 Å². The van der Waals surface area contributed by atoms with Gasteiger partial charge in [-0.25, -0.2) is 9.78 Å². The summed E-state index contributed by atoms with van der Waals surface area (Å²) in [6.07, 6.45) is 0.498. The van der Waals surface area contributed by atoms with Crippen LogP contribution < -0.4 is 5.32 Å². The van der Waals surface area contributed by atoms with Gasteiger partial charge in [0.1, 0.15) is 5.70 Å². The number of benzene rings is 4. The van der Waals surface area contributed by atoms with Gasteiger partial charge in [-0.3, -0.25) is 4.79 Å². The lowest BCUT2D eigenvalue weighted by molar-refractivity contribution is -0.136. The molecule has 198 valence electrons. The number of ether oxygens (including phenoxy) is 1. The molecule has 0 spiro atoms. The van der Waals surface area contributed by atoms with Crippen LogP contribution in [0.5, 0.6) is 0 Å². The predicted molar refractivity (Wildman–Crippen MR) is 151 cm³/mol. The highest BCUT2D eigenvalue weighted by Gasteiger charge is 2.42. The molecular weight excluding hydrogens is 505 g/mol. The third kappa shape index (κ3) is 5.05. The summed E-state index contributed by atoms with van der Waals surface area (Å²) in [4.78, 5) is 32.8. The molecule has 1 aromatic heterocycles. The van der Waals surface area contributed by atoms with Gasteiger partial charge in [0.05, 0.1) is 23.9 Å². The van der Waals surface area contributed by atoms with E-state index >= 15 is 4.39 Å². The van der Waals surface area contributed by atoms with Crippen molar-refractivity contribution >= 4 is 18.0 Å². The predicted octanol–water partition coefficient (Wildman–Crippen LogP) is 5.88. The molecule has 5 rings (SSSR count). The molecule has 1 heterocycles. The van der Waals surface area contributed by atoms with E-state index < -0.39 is 23.4 Å². The second-order valence-corrected chi connectivity index (χ2v) is 9.01. The zero-order valence-electron chi connectivity index (χ0n) is 21.7. The van der Waals surface area contributed by atoms with Crippen molar-refractivity contribution in [2.45, 2.75) is 5.41 Å². The van der Waals surface area contributed by atoms with E-state index in [1.54, 1.807) is 30.3 Å². The van der Waals surface area contributed by atoms with E-state index in [2.05, 4.69) is 15.3 Å². The van der Waals surface area contributed by atoms with Gasteiger partial charge in [0.25, 0.3) is 12.0 Å². The number of H-pyrrole nitrogens is 1. The van der Waals surface area contributed by atoms with Crippen molar-refractivity contribution < 1.29 is 18.7 Å². The second-order valence-electron chi connectivity index (χ2n) is 9.01. The van der Waals surface area contributed by atoms with Crippen LogP contribution in [0, 0.1) is 6.08 Å². The maximum absolute atomic E-state index is 15.1. The van der Waals surface area contributed by atoms with E-state index in [9.17, 15) is 9.59 Å². The number of hydrogen-bond acceptors (Lipinski definition) is 4.